The summed E-state index contributed by atoms with van der Waals surface area (Å²) in [5, 5.41) is 8.13. The molecule has 2 aromatic rings. The average molecular weight is 276 g/mol. The maximum Gasteiger partial charge on any atom is 0.0833 e. The van der Waals surface area contributed by atoms with E-state index in [-0.39, 0.29) is 6.04 Å². The fraction of sp³-hybridized carbons (Fsp3) is 0.571. The Labute approximate surface area is 117 Å². The van der Waals surface area contributed by atoms with Gasteiger partial charge in [-0.1, -0.05) is 12.1 Å². The van der Waals surface area contributed by atoms with Crippen LogP contribution in [0.2, 0.25) is 0 Å². The first-order valence-electron chi connectivity index (χ1n) is 7.05. The quantitative estimate of drug-likeness (QED) is 0.934. The maximum atomic E-state index is 6.41. The first-order chi connectivity index (χ1) is 9.29. The average Bonchev–Trinajstić information content (AvgIpc) is 3.04. The lowest BCUT2D eigenvalue weighted by Crippen LogP contribution is -2.16. The fourth-order valence-electron chi connectivity index (χ4n) is 2.70. The van der Waals surface area contributed by atoms with Gasteiger partial charge in [-0.25, -0.2) is 4.68 Å². The Bertz CT molecular complexity index is 534. The van der Waals surface area contributed by atoms with E-state index < -0.39 is 0 Å². The summed E-state index contributed by atoms with van der Waals surface area (Å²) in [5.74, 6) is 0. The number of aromatic nitrogens is 3. The summed E-state index contributed by atoms with van der Waals surface area (Å²) in [6.45, 7) is 3.02. The van der Waals surface area contributed by atoms with Crippen LogP contribution in [0.3, 0.4) is 0 Å². The Hall–Kier alpha value is -1.20. The molecule has 1 aliphatic carbocycles. The third-order valence-electron chi connectivity index (χ3n) is 3.72. The lowest BCUT2D eigenvalue weighted by molar-refractivity contribution is 0.545. The van der Waals surface area contributed by atoms with E-state index in [2.05, 4.69) is 23.3 Å². The van der Waals surface area contributed by atoms with Gasteiger partial charge in [0.05, 0.1) is 17.9 Å². The van der Waals surface area contributed by atoms with Gasteiger partial charge in [-0.05, 0) is 43.7 Å². The van der Waals surface area contributed by atoms with Crippen molar-refractivity contribution in [2.24, 2.45) is 5.73 Å². The smallest absolute Gasteiger partial charge is 0.0833 e. The van der Waals surface area contributed by atoms with Crippen LogP contribution >= 0.6 is 11.3 Å². The molecule has 19 heavy (non-hydrogen) atoms. The van der Waals surface area contributed by atoms with Crippen LogP contribution in [0.5, 0.6) is 0 Å². The number of thiophene rings is 1. The van der Waals surface area contributed by atoms with Gasteiger partial charge >= 0.3 is 0 Å². The Morgan fingerprint density at radius 2 is 2.26 bits per heavy atom. The van der Waals surface area contributed by atoms with E-state index in [1.165, 1.54) is 41.0 Å². The fourth-order valence-corrected chi connectivity index (χ4v) is 3.98. The third kappa shape index (κ3) is 2.44. The van der Waals surface area contributed by atoms with Crippen molar-refractivity contribution in [1.82, 2.24) is 15.0 Å². The molecule has 1 atom stereocenters. The molecule has 1 unspecified atom stereocenters. The zero-order chi connectivity index (χ0) is 13.2. The van der Waals surface area contributed by atoms with Gasteiger partial charge < -0.3 is 5.73 Å². The number of hydrogen-bond donors (Lipinski definition) is 1. The molecule has 0 amide bonds. The van der Waals surface area contributed by atoms with Gasteiger partial charge in [-0.2, -0.15) is 0 Å². The van der Waals surface area contributed by atoms with Gasteiger partial charge in [0.25, 0.3) is 0 Å². The van der Waals surface area contributed by atoms with E-state index in [1.54, 1.807) is 6.20 Å². The molecule has 0 fully saturated rings. The van der Waals surface area contributed by atoms with Crippen LogP contribution in [0, 0.1) is 0 Å². The largest absolute Gasteiger partial charge is 0.318 e. The van der Waals surface area contributed by atoms with E-state index in [0.29, 0.717) is 0 Å². The molecule has 2 aromatic heterocycles. The van der Waals surface area contributed by atoms with Crippen molar-refractivity contribution in [2.75, 3.05) is 0 Å². The second-order valence-electron chi connectivity index (χ2n) is 5.16. The van der Waals surface area contributed by atoms with Crippen LogP contribution < -0.4 is 5.73 Å². The first-order valence-corrected chi connectivity index (χ1v) is 7.86. The second kappa shape index (κ2) is 5.43. The Balaban J connectivity index is 1.88. The van der Waals surface area contributed by atoms with Crippen LogP contribution in [0.15, 0.2) is 12.3 Å². The standard InChI is InChI=1S/C14H20N4S/c1-2-7-18-11(9-16-17-18)14(15)13-8-10-5-3-4-6-12(10)19-13/h8-9,14H,2-7,15H2,1H3. The second-order valence-corrected chi connectivity index (χ2v) is 6.33. The summed E-state index contributed by atoms with van der Waals surface area (Å²) in [6, 6.07) is 2.21. The molecular weight excluding hydrogens is 256 g/mol. The van der Waals surface area contributed by atoms with Crippen molar-refractivity contribution >= 4 is 11.3 Å². The van der Waals surface area contributed by atoms with Crippen molar-refractivity contribution in [1.29, 1.82) is 0 Å². The zero-order valence-electron chi connectivity index (χ0n) is 11.3. The first kappa shape index (κ1) is 12.8. The third-order valence-corrected chi connectivity index (χ3v) is 5.04. The molecule has 102 valence electrons. The Morgan fingerprint density at radius 3 is 3.05 bits per heavy atom. The van der Waals surface area contributed by atoms with Gasteiger partial charge in [0.15, 0.2) is 0 Å². The van der Waals surface area contributed by atoms with Crippen LogP contribution in [0.4, 0.5) is 0 Å². The van der Waals surface area contributed by atoms with Gasteiger partial charge in [-0.3, -0.25) is 0 Å². The molecule has 2 N–H and O–H groups in total. The van der Waals surface area contributed by atoms with Gasteiger partial charge in [0.2, 0.25) is 0 Å². The maximum absolute atomic E-state index is 6.41. The summed E-state index contributed by atoms with van der Waals surface area (Å²) >= 11 is 1.87. The minimum atomic E-state index is -0.0860. The molecule has 4 nitrogen and oxygen atoms in total. The number of aryl methyl sites for hydroxylation is 3. The Morgan fingerprint density at radius 1 is 1.42 bits per heavy atom. The molecule has 0 spiro atoms. The molecule has 0 aromatic carbocycles. The van der Waals surface area contributed by atoms with Crippen LogP contribution in [0.25, 0.3) is 0 Å². The van der Waals surface area contributed by atoms with E-state index in [0.717, 1.165) is 18.7 Å². The van der Waals surface area contributed by atoms with Crippen LogP contribution in [0.1, 0.15) is 53.2 Å². The summed E-state index contributed by atoms with van der Waals surface area (Å²) < 4.78 is 1.93. The molecule has 0 radical (unpaired) electrons. The summed E-state index contributed by atoms with van der Waals surface area (Å²) in [4.78, 5) is 2.79. The highest BCUT2D eigenvalue weighted by Gasteiger charge is 2.20. The Kier molecular flexibility index (Phi) is 3.66. The van der Waals surface area contributed by atoms with Gasteiger partial charge in [-0.15, -0.1) is 16.4 Å². The zero-order valence-corrected chi connectivity index (χ0v) is 12.1. The van der Waals surface area contributed by atoms with E-state index in [1.807, 2.05) is 16.0 Å². The minimum Gasteiger partial charge on any atom is -0.318 e. The summed E-state index contributed by atoms with van der Waals surface area (Å²) in [7, 11) is 0. The van der Waals surface area contributed by atoms with Crippen LogP contribution in [-0.2, 0) is 19.4 Å². The lowest BCUT2D eigenvalue weighted by Gasteiger charge is -2.10. The molecule has 1 aliphatic rings. The summed E-state index contributed by atoms with van der Waals surface area (Å²) in [6.07, 6.45) is 7.92. The van der Waals surface area contributed by atoms with E-state index in [9.17, 15) is 0 Å². The number of hydrogen-bond acceptors (Lipinski definition) is 4. The molecule has 0 bridgehead atoms. The molecule has 0 saturated heterocycles. The highest BCUT2D eigenvalue weighted by atomic mass is 32.1. The molecule has 0 aliphatic heterocycles. The van der Waals surface area contributed by atoms with Crippen molar-refractivity contribution < 1.29 is 0 Å². The van der Waals surface area contributed by atoms with Crippen molar-refractivity contribution in [3.8, 4) is 0 Å². The molecule has 0 saturated carbocycles. The molecule has 3 rings (SSSR count). The van der Waals surface area contributed by atoms with Crippen molar-refractivity contribution in [2.45, 2.75) is 51.6 Å². The minimum absolute atomic E-state index is 0.0860. The SMILES string of the molecule is CCCn1nncc1C(N)c1cc2c(s1)CCCC2. The number of fused-ring (bicyclic) bond motifs is 1. The van der Waals surface area contributed by atoms with Crippen molar-refractivity contribution in [3.63, 3.8) is 0 Å². The number of nitrogens with two attached hydrogens (primary N) is 1. The van der Waals surface area contributed by atoms with E-state index >= 15 is 0 Å². The summed E-state index contributed by atoms with van der Waals surface area (Å²) in [5.41, 5.74) is 8.95. The number of nitrogens with zero attached hydrogens (tertiary/aromatic N) is 3. The lowest BCUT2D eigenvalue weighted by atomic mass is 9.98. The van der Waals surface area contributed by atoms with Crippen molar-refractivity contribution in [3.05, 3.63) is 33.3 Å². The monoisotopic (exact) mass is 276 g/mol. The number of rotatable bonds is 4. The molecule has 2 heterocycles. The van der Waals surface area contributed by atoms with Gasteiger partial charge in [0, 0.05) is 16.3 Å². The predicted molar refractivity (Wildman–Crippen MR) is 77.3 cm³/mol. The van der Waals surface area contributed by atoms with E-state index in [4.69, 9.17) is 5.73 Å². The van der Waals surface area contributed by atoms with Crippen LogP contribution in [-0.4, -0.2) is 15.0 Å². The molecule has 5 heteroatoms. The normalized spacial score (nSPS) is 16.3. The predicted octanol–water partition coefficient (Wildman–Crippen LogP) is 2.68. The van der Waals surface area contributed by atoms with Gasteiger partial charge in [0.1, 0.15) is 0 Å². The highest BCUT2D eigenvalue weighted by molar-refractivity contribution is 7.12. The molecular formula is C14H20N4S. The highest BCUT2D eigenvalue weighted by Crippen LogP contribution is 2.34. The topological polar surface area (TPSA) is 56.7 Å².